The van der Waals surface area contributed by atoms with Crippen LogP contribution >= 0.6 is 0 Å². The summed E-state index contributed by atoms with van der Waals surface area (Å²) in [6.07, 6.45) is 1.70. The van der Waals surface area contributed by atoms with Gasteiger partial charge in [0.2, 0.25) is 5.91 Å². The largest absolute Gasteiger partial charge is 0.409 e. The number of oxime groups is 1. The number of carbonyl (C=O) groups is 1. The van der Waals surface area contributed by atoms with Crippen LogP contribution in [0.3, 0.4) is 0 Å². The first-order valence-electron chi connectivity index (χ1n) is 5.94. The number of amides is 1. The lowest BCUT2D eigenvalue weighted by Crippen LogP contribution is -2.33. The van der Waals surface area contributed by atoms with E-state index in [1.807, 2.05) is 6.07 Å². The smallest absolute Gasteiger partial charge is 0.240 e. The maximum atomic E-state index is 12.3. The summed E-state index contributed by atoms with van der Waals surface area (Å²) in [5.41, 5.74) is 6.26. The Morgan fingerprint density at radius 1 is 1.40 bits per heavy atom. The van der Waals surface area contributed by atoms with Gasteiger partial charge in [-0.15, -0.1) is 0 Å². The van der Waals surface area contributed by atoms with Crippen LogP contribution in [0.1, 0.15) is 11.5 Å². The second-order valence-corrected chi connectivity index (χ2v) is 4.23. The molecule has 1 amide bonds. The van der Waals surface area contributed by atoms with Gasteiger partial charge in [0.05, 0.1) is 0 Å². The monoisotopic (exact) mass is 273 g/mol. The Kier molecular flexibility index (Phi) is 3.99. The molecule has 0 aliphatic rings. The number of aryl methyl sites for hydroxylation is 1. The van der Waals surface area contributed by atoms with Crippen molar-refractivity contribution in [3.63, 3.8) is 0 Å². The molecule has 1 aromatic carbocycles. The molecule has 0 aliphatic heterocycles. The summed E-state index contributed by atoms with van der Waals surface area (Å²) in [7, 11) is 1.74. The number of nitrogens with one attached hydrogen (secondary N) is 1. The Labute approximate surface area is 115 Å². The Morgan fingerprint density at radius 3 is 2.65 bits per heavy atom. The summed E-state index contributed by atoms with van der Waals surface area (Å²) in [5.74, 6) is -1.05. The minimum absolute atomic E-state index is 0.176. The van der Waals surface area contributed by atoms with Crippen molar-refractivity contribution < 1.29 is 10.0 Å². The van der Waals surface area contributed by atoms with E-state index in [-0.39, 0.29) is 5.84 Å². The van der Waals surface area contributed by atoms with E-state index in [1.165, 1.54) is 0 Å². The molecule has 1 heterocycles. The van der Waals surface area contributed by atoms with Gasteiger partial charge in [-0.25, -0.2) is 0 Å². The topological polar surface area (TPSA) is 106 Å². The molecule has 0 saturated heterocycles. The fourth-order valence-corrected chi connectivity index (χ4v) is 1.84. The average Bonchev–Trinajstić information content (AvgIpc) is 2.85. The van der Waals surface area contributed by atoms with Gasteiger partial charge >= 0.3 is 0 Å². The summed E-state index contributed by atoms with van der Waals surface area (Å²) in [4.78, 5) is 12.3. The van der Waals surface area contributed by atoms with E-state index < -0.39 is 11.8 Å². The Balaban J connectivity index is 2.25. The number of hydrogen-bond acceptors (Lipinski definition) is 4. The predicted octanol–water partition coefficient (Wildman–Crippen LogP) is 0.889. The van der Waals surface area contributed by atoms with Crippen LogP contribution in [-0.2, 0) is 11.8 Å². The number of amidine groups is 1. The number of anilines is 1. The second kappa shape index (κ2) is 5.87. The molecule has 104 valence electrons. The van der Waals surface area contributed by atoms with E-state index in [1.54, 1.807) is 48.3 Å². The van der Waals surface area contributed by atoms with E-state index in [0.717, 1.165) is 0 Å². The molecule has 2 rings (SSSR count). The van der Waals surface area contributed by atoms with Crippen molar-refractivity contribution in [3.8, 4) is 0 Å². The highest BCUT2D eigenvalue weighted by Crippen LogP contribution is 2.18. The number of nitrogens with zero attached hydrogens (tertiary/aromatic N) is 3. The van der Waals surface area contributed by atoms with Crippen LogP contribution in [0.15, 0.2) is 47.8 Å². The zero-order valence-corrected chi connectivity index (χ0v) is 10.9. The molecule has 2 aromatic rings. The molecular weight excluding hydrogens is 258 g/mol. The molecule has 1 atom stereocenters. The highest BCUT2D eigenvalue weighted by molar-refractivity contribution is 6.12. The molecule has 1 unspecified atom stereocenters. The standard InChI is InChI=1S/C13H15N5O2/c1-18-8-7-10(16-18)15-13(19)11(12(14)17-20)9-5-3-2-4-6-9/h2-8,11,20H,1H3,(H2,14,17)(H,15,16,19). The van der Waals surface area contributed by atoms with E-state index in [9.17, 15) is 4.79 Å². The van der Waals surface area contributed by atoms with Gasteiger partial charge in [-0.05, 0) is 5.56 Å². The summed E-state index contributed by atoms with van der Waals surface area (Å²) >= 11 is 0. The molecule has 0 fully saturated rings. The molecule has 4 N–H and O–H groups in total. The minimum Gasteiger partial charge on any atom is -0.409 e. The first-order chi connectivity index (χ1) is 9.61. The predicted molar refractivity (Wildman–Crippen MR) is 74.4 cm³/mol. The molecule has 0 radical (unpaired) electrons. The van der Waals surface area contributed by atoms with Crippen molar-refractivity contribution in [3.05, 3.63) is 48.2 Å². The Bertz CT molecular complexity index is 621. The van der Waals surface area contributed by atoms with Crippen LogP contribution in [-0.4, -0.2) is 26.7 Å². The minimum atomic E-state index is -0.872. The third-order valence-electron chi connectivity index (χ3n) is 2.77. The second-order valence-electron chi connectivity index (χ2n) is 4.23. The maximum absolute atomic E-state index is 12.3. The van der Waals surface area contributed by atoms with Gasteiger partial charge in [0.15, 0.2) is 11.7 Å². The van der Waals surface area contributed by atoms with Crippen molar-refractivity contribution in [2.24, 2.45) is 17.9 Å². The fourth-order valence-electron chi connectivity index (χ4n) is 1.84. The number of rotatable bonds is 4. The number of benzene rings is 1. The summed E-state index contributed by atoms with van der Waals surface area (Å²) in [6.45, 7) is 0. The fraction of sp³-hybridized carbons (Fsp3) is 0.154. The van der Waals surface area contributed by atoms with Gasteiger partial charge < -0.3 is 16.3 Å². The first kappa shape index (κ1) is 13.6. The van der Waals surface area contributed by atoms with Crippen molar-refractivity contribution in [1.82, 2.24) is 9.78 Å². The summed E-state index contributed by atoms with van der Waals surface area (Å²) in [6, 6.07) is 10.5. The van der Waals surface area contributed by atoms with Gasteiger partial charge in [-0.1, -0.05) is 35.5 Å². The number of nitrogens with two attached hydrogens (primary N) is 1. The number of aromatic nitrogens is 2. The lowest BCUT2D eigenvalue weighted by atomic mass is 9.97. The Morgan fingerprint density at radius 2 is 2.10 bits per heavy atom. The van der Waals surface area contributed by atoms with E-state index >= 15 is 0 Å². The molecule has 7 nitrogen and oxygen atoms in total. The van der Waals surface area contributed by atoms with Crippen LogP contribution in [0.4, 0.5) is 5.82 Å². The van der Waals surface area contributed by atoms with Crippen LogP contribution < -0.4 is 11.1 Å². The van der Waals surface area contributed by atoms with Gasteiger partial charge in [0.1, 0.15) is 5.92 Å². The highest BCUT2D eigenvalue weighted by atomic mass is 16.4. The van der Waals surface area contributed by atoms with E-state index in [4.69, 9.17) is 10.9 Å². The summed E-state index contributed by atoms with van der Waals surface area (Å²) in [5, 5.41) is 18.5. The SMILES string of the molecule is Cn1ccc(NC(=O)C(C(N)=NO)c2ccccc2)n1. The lowest BCUT2D eigenvalue weighted by molar-refractivity contribution is -0.116. The third-order valence-corrected chi connectivity index (χ3v) is 2.77. The molecule has 0 saturated carbocycles. The summed E-state index contributed by atoms with van der Waals surface area (Å²) < 4.78 is 1.57. The van der Waals surface area contributed by atoms with E-state index in [2.05, 4.69) is 15.6 Å². The quantitative estimate of drug-likeness (QED) is 0.333. The van der Waals surface area contributed by atoms with Crippen molar-refractivity contribution in [2.45, 2.75) is 5.92 Å². The van der Waals surface area contributed by atoms with Crippen molar-refractivity contribution >= 4 is 17.6 Å². The van der Waals surface area contributed by atoms with Crippen LogP contribution in [0.2, 0.25) is 0 Å². The van der Waals surface area contributed by atoms with Crippen molar-refractivity contribution in [2.75, 3.05) is 5.32 Å². The van der Waals surface area contributed by atoms with Crippen molar-refractivity contribution in [1.29, 1.82) is 0 Å². The highest BCUT2D eigenvalue weighted by Gasteiger charge is 2.25. The molecule has 7 heteroatoms. The van der Waals surface area contributed by atoms with Gasteiger partial charge in [-0.3, -0.25) is 9.48 Å². The number of carbonyl (C=O) groups excluding carboxylic acids is 1. The first-order valence-corrected chi connectivity index (χ1v) is 5.94. The molecule has 20 heavy (non-hydrogen) atoms. The normalized spacial score (nSPS) is 12.9. The molecule has 0 aliphatic carbocycles. The Hall–Kier alpha value is -2.83. The molecule has 0 bridgehead atoms. The zero-order valence-electron chi connectivity index (χ0n) is 10.9. The molecule has 0 spiro atoms. The van der Waals surface area contributed by atoms with Gasteiger partial charge in [0.25, 0.3) is 0 Å². The van der Waals surface area contributed by atoms with Crippen LogP contribution in [0.25, 0.3) is 0 Å². The average molecular weight is 273 g/mol. The molecular formula is C13H15N5O2. The number of hydrogen-bond donors (Lipinski definition) is 3. The van der Waals surface area contributed by atoms with Gasteiger partial charge in [-0.2, -0.15) is 5.10 Å². The molecule has 1 aromatic heterocycles. The third kappa shape index (κ3) is 2.94. The van der Waals surface area contributed by atoms with Crippen LogP contribution in [0, 0.1) is 0 Å². The maximum Gasteiger partial charge on any atom is 0.240 e. The lowest BCUT2D eigenvalue weighted by Gasteiger charge is -2.14. The van der Waals surface area contributed by atoms with Gasteiger partial charge in [0, 0.05) is 19.3 Å². The zero-order chi connectivity index (χ0) is 14.5. The van der Waals surface area contributed by atoms with Crippen LogP contribution in [0.5, 0.6) is 0 Å². The van der Waals surface area contributed by atoms with E-state index in [0.29, 0.717) is 11.4 Å².